The van der Waals surface area contributed by atoms with Crippen molar-refractivity contribution < 1.29 is 0 Å². The monoisotopic (exact) mass is 301 g/mol. The molecule has 1 aliphatic heterocycles. The third-order valence-electron chi connectivity index (χ3n) is 5.01. The number of nitrogens with zero attached hydrogens (tertiary/aromatic N) is 3. The van der Waals surface area contributed by atoms with Crippen LogP contribution in [0.5, 0.6) is 0 Å². The van der Waals surface area contributed by atoms with Crippen LogP contribution in [0.4, 0.5) is 0 Å². The second kappa shape index (κ2) is 8.33. The van der Waals surface area contributed by atoms with E-state index in [1.807, 2.05) is 6.21 Å². The Morgan fingerprint density at radius 3 is 2.64 bits per heavy atom. The summed E-state index contributed by atoms with van der Waals surface area (Å²) in [5, 5.41) is 0. The minimum absolute atomic E-state index is 0.287. The molecule has 0 saturated carbocycles. The highest BCUT2D eigenvalue weighted by atomic mass is 15.2. The van der Waals surface area contributed by atoms with Crippen LogP contribution in [0.25, 0.3) is 0 Å². The largest absolute Gasteiger partial charge is 0.375 e. The summed E-state index contributed by atoms with van der Waals surface area (Å²) in [5.74, 6) is 0.408. The number of aliphatic imine (C=N–C) groups is 1. The summed E-state index contributed by atoms with van der Waals surface area (Å²) in [7, 11) is 2.23. The maximum atomic E-state index is 4.58. The van der Waals surface area contributed by atoms with E-state index in [0.717, 1.165) is 13.1 Å². The van der Waals surface area contributed by atoms with E-state index in [4.69, 9.17) is 0 Å². The van der Waals surface area contributed by atoms with Crippen molar-refractivity contribution in [2.24, 2.45) is 10.9 Å². The molecule has 0 spiro atoms. The van der Waals surface area contributed by atoms with Crippen LogP contribution in [0.3, 0.4) is 0 Å². The quantitative estimate of drug-likeness (QED) is 0.683. The van der Waals surface area contributed by atoms with Crippen molar-refractivity contribution >= 4 is 6.21 Å². The Balaban J connectivity index is 1.88. The lowest BCUT2D eigenvalue weighted by molar-refractivity contribution is 0.248. The molecule has 0 bridgehead atoms. The van der Waals surface area contributed by atoms with Crippen molar-refractivity contribution in [2.75, 3.05) is 26.7 Å². The molecule has 0 amide bonds. The van der Waals surface area contributed by atoms with Crippen LogP contribution in [-0.2, 0) is 0 Å². The molecule has 22 heavy (non-hydrogen) atoms. The second-order valence-electron chi connectivity index (χ2n) is 6.30. The average Bonchev–Trinajstić information content (AvgIpc) is 2.57. The van der Waals surface area contributed by atoms with Gasteiger partial charge in [-0.15, -0.1) is 0 Å². The number of allylic oxidation sites excluding steroid dienone is 3. The van der Waals surface area contributed by atoms with Crippen molar-refractivity contribution in [1.82, 2.24) is 9.80 Å². The number of hydrogen-bond donors (Lipinski definition) is 0. The zero-order valence-electron chi connectivity index (χ0n) is 14.6. The van der Waals surface area contributed by atoms with Crippen LogP contribution in [0.1, 0.15) is 33.6 Å². The van der Waals surface area contributed by atoms with Gasteiger partial charge < -0.3 is 9.80 Å². The van der Waals surface area contributed by atoms with Crippen molar-refractivity contribution in [3.8, 4) is 0 Å². The molecule has 0 radical (unpaired) electrons. The average molecular weight is 301 g/mol. The van der Waals surface area contributed by atoms with Crippen molar-refractivity contribution in [1.29, 1.82) is 0 Å². The van der Waals surface area contributed by atoms with Gasteiger partial charge in [-0.3, -0.25) is 4.99 Å². The molecule has 0 aromatic carbocycles. The van der Waals surface area contributed by atoms with E-state index in [0.29, 0.717) is 12.0 Å². The van der Waals surface area contributed by atoms with Gasteiger partial charge in [0.2, 0.25) is 0 Å². The van der Waals surface area contributed by atoms with Crippen molar-refractivity contribution in [2.45, 2.75) is 45.7 Å². The van der Waals surface area contributed by atoms with E-state index in [-0.39, 0.29) is 6.04 Å². The maximum Gasteiger partial charge on any atom is 0.0800 e. The standard InChI is InChI=1S/C19H31N3/c1-5-22(6-2)15-9-10-16(3)21(4)19-13-14-20-18-12-8-7-11-17(18)19/h7-8,11-14,16-18H,5-6,9-10,15H2,1-4H3. The van der Waals surface area contributed by atoms with Crippen LogP contribution >= 0.6 is 0 Å². The third-order valence-corrected chi connectivity index (χ3v) is 5.01. The van der Waals surface area contributed by atoms with Gasteiger partial charge in [-0.05, 0) is 45.5 Å². The fourth-order valence-electron chi connectivity index (χ4n) is 3.29. The summed E-state index contributed by atoms with van der Waals surface area (Å²) in [4.78, 5) is 9.54. The maximum absolute atomic E-state index is 4.58. The molecule has 2 rings (SSSR count). The smallest absolute Gasteiger partial charge is 0.0800 e. The van der Waals surface area contributed by atoms with Crippen LogP contribution in [0.15, 0.2) is 41.1 Å². The minimum atomic E-state index is 0.287. The highest BCUT2D eigenvalue weighted by Crippen LogP contribution is 2.29. The molecule has 3 unspecified atom stereocenters. The Bertz CT molecular complexity index is 457. The fraction of sp³-hybridized carbons (Fsp3) is 0.632. The zero-order chi connectivity index (χ0) is 15.9. The van der Waals surface area contributed by atoms with E-state index in [1.54, 1.807) is 0 Å². The molecule has 3 nitrogen and oxygen atoms in total. The molecule has 122 valence electrons. The number of hydrogen-bond acceptors (Lipinski definition) is 3. The molecule has 1 heterocycles. The summed E-state index contributed by atoms with van der Waals surface area (Å²) < 4.78 is 0. The van der Waals surface area contributed by atoms with Gasteiger partial charge in [0.25, 0.3) is 0 Å². The molecule has 0 fully saturated rings. The first-order chi connectivity index (χ1) is 10.7. The topological polar surface area (TPSA) is 18.8 Å². The molecule has 0 aromatic rings. The molecular formula is C19H31N3. The third kappa shape index (κ3) is 4.10. The van der Waals surface area contributed by atoms with E-state index >= 15 is 0 Å². The molecular weight excluding hydrogens is 270 g/mol. The summed E-state index contributed by atoms with van der Waals surface area (Å²) >= 11 is 0. The van der Waals surface area contributed by atoms with Crippen LogP contribution in [0, 0.1) is 5.92 Å². The second-order valence-corrected chi connectivity index (χ2v) is 6.30. The molecule has 3 heteroatoms. The summed E-state index contributed by atoms with van der Waals surface area (Å²) in [6, 6.07) is 0.851. The van der Waals surface area contributed by atoms with E-state index in [9.17, 15) is 0 Å². The van der Waals surface area contributed by atoms with E-state index in [2.05, 4.69) is 73.0 Å². The van der Waals surface area contributed by atoms with Gasteiger partial charge in [0.1, 0.15) is 0 Å². The minimum Gasteiger partial charge on any atom is -0.375 e. The summed E-state index contributed by atoms with van der Waals surface area (Å²) in [5.41, 5.74) is 1.40. The Labute approximate surface area is 136 Å². The normalized spacial score (nSPS) is 24.3. The highest BCUT2D eigenvalue weighted by molar-refractivity contribution is 5.74. The molecule has 0 saturated heterocycles. The van der Waals surface area contributed by atoms with Gasteiger partial charge in [-0.2, -0.15) is 0 Å². The first-order valence-electron chi connectivity index (χ1n) is 8.70. The number of dihydropyridines is 1. The van der Waals surface area contributed by atoms with E-state index in [1.165, 1.54) is 25.1 Å². The van der Waals surface area contributed by atoms with Gasteiger partial charge >= 0.3 is 0 Å². The molecule has 2 aliphatic rings. The molecule has 0 N–H and O–H groups in total. The van der Waals surface area contributed by atoms with Crippen molar-refractivity contribution in [3.05, 3.63) is 36.1 Å². The Morgan fingerprint density at radius 2 is 1.91 bits per heavy atom. The lowest BCUT2D eigenvalue weighted by Gasteiger charge is -2.36. The highest BCUT2D eigenvalue weighted by Gasteiger charge is 2.27. The fourth-order valence-corrected chi connectivity index (χ4v) is 3.29. The molecule has 1 aliphatic carbocycles. The number of fused-ring (bicyclic) bond motifs is 1. The van der Waals surface area contributed by atoms with Crippen LogP contribution in [0.2, 0.25) is 0 Å². The predicted octanol–water partition coefficient (Wildman–Crippen LogP) is 3.51. The van der Waals surface area contributed by atoms with Crippen molar-refractivity contribution in [3.63, 3.8) is 0 Å². The summed E-state index contributed by atoms with van der Waals surface area (Å²) in [6.45, 7) is 10.3. The lowest BCUT2D eigenvalue weighted by atomic mass is 9.89. The SMILES string of the molecule is CCN(CC)CCCC(C)N(C)C1=CC=NC2C=CC=CC12. The van der Waals surface area contributed by atoms with Gasteiger partial charge in [0, 0.05) is 30.9 Å². The molecule has 3 atom stereocenters. The number of rotatable bonds is 8. The van der Waals surface area contributed by atoms with Crippen LogP contribution < -0.4 is 0 Å². The Hall–Kier alpha value is -1.35. The zero-order valence-corrected chi connectivity index (χ0v) is 14.6. The first kappa shape index (κ1) is 17.0. The summed E-state index contributed by atoms with van der Waals surface area (Å²) in [6.07, 6.45) is 15.4. The van der Waals surface area contributed by atoms with Gasteiger partial charge in [0.05, 0.1) is 6.04 Å². The van der Waals surface area contributed by atoms with Gasteiger partial charge in [-0.1, -0.05) is 38.2 Å². The van der Waals surface area contributed by atoms with Crippen LogP contribution in [-0.4, -0.2) is 54.8 Å². The van der Waals surface area contributed by atoms with Gasteiger partial charge in [-0.25, -0.2) is 0 Å². The predicted molar refractivity (Wildman–Crippen MR) is 96.4 cm³/mol. The first-order valence-corrected chi connectivity index (χ1v) is 8.70. The Morgan fingerprint density at radius 1 is 1.18 bits per heavy atom. The van der Waals surface area contributed by atoms with Gasteiger partial charge in [0.15, 0.2) is 0 Å². The Kier molecular flexibility index (Phi) is 6.44. The van der Waals surface area contributed by atoms with E-state index < -0.39 is 0 Å². The lowest BCUT2D eigenvalue weighted by Crippen LogP contribution is -2.36. The molecule has 0 aromatic heterocycles.